The van der Waals surface area contributed by atoms with Gasteiger partial charge in [-0.25, -0.2) is 9.97 Å². The molecule has 2 atom stereocenters. The van der Waals surface area contributed by atoms with Gasteiger partial charge in [-0.15, -0.1) is 0 Å². The highest BCUT2D eigenvalue weighted by molar-refractivity contribution is 5.15. The number of methoxy groups -OCH3 is 1. The molecule has 2 unspecified atom stereocenters. The Labute approximate surface area is 103 Å². The molecule has 1 aromatic heterocycles. The smallest absolute Gasteiger partial charge is 0.216 e. The second-order valence-electron chi connectivity index (χ2n) is 4.97. The van der Waals surface area contributed by atoms with Crippen molar-refractivity contribution in [2.45, 2.75) is 39.7 Å². The van der Waals surface area contributed by atoms with Crippen LogP contribution in [0.1, 0.15) is 45.4 Å². The molecule has 1 heterocycles. The second-order valence-corrected chi connectivity index (χ2v) is 4.97. The third kappa shape index (κ3) is 4.69. The number of hydrogen-bond acceptors (Lipinski definition) is 4. The molecule has 96 valence electrons. The molecule has 0 amide bonds. The first kappa shape index (κ1) is 13.9. The number of aromatic nitrogens is 2. The first-order valence-corrected chi connectivity index (χ1v) is 6.07. The van der Waals surface area contributed by atoms with E-state index in [2.05, 4.69) is 30.7 Å². The largest absolute Gasteiger partial charge is 0.481 e. The SMILES string of the molecule is COc1cc(C(O)CC(C)CC(C)C)ncn1. The summed E-state index contributed by atoms with van der Waals surface area (Å²) in [5.41, 5.74) is 0.632. The average Bonchev–Trinajstić information content (AvgIpc) is 2.27. The number of ether oxygens (including phenoxy) is 1. The van der Waals surface area contributed by atoms with Gasteiger partial charge < -0.3 is 9.84 Å². The lowest BCUT2D eigenvalue weighted by Crippen LogP contribution is -2.09. The molecule has 0 aliphatic rings. The third-order valence-corrected chi connectivity index (χ3v) is 2.71. The summed E-state index contributed by atoms with van der Waals surface area (Å²) in [5, 5.41) is 10.1. The summed E-state index contributed by atoms with van der Waals surface area (Å²) >= 11 is 0. The fraction of sp³-hybridized carbons (Fsp3) is 0.692. The maximum absolute atomic E-state index is 10.1. The van der Waals surface area contributed by atoms with Crippen LogP contribution in [-0.4, -0.2) is 22.2 Å². The molecule has 0 aliphatic carbocycles. The lowest BCUT2D eigenvalue weighted by Gasteiger charge is -2.17. The van der Waals surface area contributed by atoms with Gasteiger partial charge in [-0.3, -0.25) is 0 Å². The number of aliphatic hydroxyl groups excluding tert-OH is 1. The molecule has 4 heteroatoms. The van der Waals surface area contributed by atoms with E-state index < -0.39 is 6.10 Å². The highest BCUT2D eigenvalue weighted by Crippen LogP contribution is 2.24. The molecule has 4 nitrogen and oxygen atoms in total. The highest BCUT2D eigenvalue weighted by atomic mass is 16.5. The average molecular weight is 238 g/mol. The van der Waals surface area contributed by atoms with Crippen LogP contribution in [0.25, 0.3) is 0 Å². The standard InChI is InChI=1S/C13H22N2O2/c1-9(2)5-10(3)6-12(16)11-7-13(17-4)15-8-14-11/h7-10,12,16H,5-6H2,1-4H3. The van der Waals surface area contributed by atoms with E-state index in [0.717, 1.165) is 12.8 Å². The number of rotatable bonds is 6. The molecule has 0 aromatic carbocycles. The van der Waals surface area contributed by atoms with E-state index in [9.17, 15) is 5.11 Å². The summed E-state index contributed by atoms with van der Waals surface area (Å²) < 4.78 is 5.01. The van der Waals surface area contributed by atoms with Crippen LogP contribution in [0.3, 0.4) is 0 Å². The van der Waals surface area contributed by atoms with Gasteiger partial charge in [0.1, 0.15) is 6.33 Å². The summed E-state index contributed by atoms with van der Waals surface area (Å²) in [5.74, 6) is 1.62. The molecule has 0 radical (unpaired) electrons. The fourth-order valence-corrected chi connectivity index (χ4v) is 2.05. The Morgan fingerprint density at radius 3 is 2.53 bits per heavy atom. The molecule has 0 aliphatic heterocycles. The van der Waals surface area contributed by atoms with Crippen molar-refractivity contribution >= 4 is 0 Å². The van der Waals surface area contributed by atoms with Crippen molar-refractivity contribution in [1.29, 1.82) is 0 Å². The minimum atomic E-state index is -0.541. The zero-order valence-electron chi connectivity index (χ0n) is 11.1. The molecule has 1 rings (SSSR count). The van der Waals surface area contributed by atoms with Crippen LogP contribution in [0.4, 0.5) is 0 Å². The van der Waals surface area contributed by atoms with Crippen LogP contribution in [-0.2, 0) is 0 Å². The summed E-state index contributed by atoms with van der Waals surface area (Å²) in [6.07, 6.45) is 2.71. The molecule has 1 N–H and O–H groups in total. The number of nitrogens with zero attached hydrogens (tertiary/aromatic N) is 2. The van der Waals surface area contributed by atoms with E-state index in [4.69, 9.17) is 4.74 Å². The zero-order chi connectivity index (χ0) is 12.8. The Hall–Kier alpha value is -1.16. The van der Waals surface area contributed by atoms with E-state index in [1.54, 1.807) is 13.2 Å². The van der Waals surface area contributed by atoms with E-state index >= 15 is 0 Å². The van der Waals surface area contributed by atoms with Crippen molar-refractivity contribution in [2.75, 3.05) is 7.11 Å². The summed E-state index contributed by atoms with van der Waals surface area (Å²) in [7, 11) is 1.56. The van der Waals surface area contributed by atoms with Crippen molar-refractivity contribution in [3.63, 3.8) is 0 Å². The molecule has 0 spiro atoms. The lowest BCUT2D eigenvalue weighted by atomic mass is 9.93. The normalized spacial score (nSPS) is 14.7. The van der Waals surface area contributed by atoms with Crippen molar-refractivity contribution in [3.8, 4) is 5.88 Å². The number of aliphatic hydroxyl groups is 1. The van der Waals surface area contributed by atoms with Gasteiger partial charge in [-0.1, -0.05) is 20.8 Å². The minimum absolute atomic E-state index is 0.478. The molecular formula is C13H22N2O2. The molecule has 1 aromatic rings. The van der Waals surface area contributed by atoms with Gasteiger partial charge >= 0.3 is 0 Å². The van der Waals surface area contributed by atoms with Crippen molar-refractivity contribution in [1.82, 2.24) is 9.97 Å². The van der Waals surface area contributed by atoms with E-state index in [1.165, 1.54) is 6.33 Å². The zero-order valence-corrected chi connectivity index (χ0v) is 11.1. The van der Waals surface area contributed by atoms with Gasteiger partial charge in [-0.05, 0) is 24.7 Å². The topological polar surface area (TPSA) is 55.2 Å². The van der Waals surface area contributed by atoms with Crippen molar-refractivity contribution in [3.05, 3.63) is 18.1 Å². The van der Waals surface area contributed by atoms with Crippen LogP contribution >= 0.6 is 0 Å². The third-order valence-electron chi connectivity index (χ3n) is 2.71. The molecule has 0 saturated heterocycles. The van der Waals surface area contributed by atoms with Gasteiger partial charge in [0.05, 0.1) is 18.9 Å². The van der Waals surface area contributed by atoms with Crippen molar-refractivity contribution < 1.29 is 9.84 Å². The maximum atomic E-state index is 10.1. The van der Waals surface area contributed by atoms with Crippen LogP contribution in [0.15, 0.2) is 12.4 Å². The molecule has 0 fully saturated rings. The Balaban J connectivity index is 2.59. The maximum Gasteiger partial charge on any atom is 0.216 e. The van der Waals surface area contributed by atoms with Crippen LogP contribution in [0.5, 0.6) is 5.88 Å². The summed E-state index contributed by atoms with van der Waals surface area (Å²) in [6.45, 7) is 6.54. The Morgan fingerprint density at radius 1 is 1.24 bits per heavy atom. The summed E-state index contributed by atoms with van der Waals surface area (Å²) in [6, 6.07) is 1.69. The van der Waals surface area contributed by atoms with Gasteiger partial charge in [0.2, 0.25) is 5.88 Å². The lowest BCUT2D eigenvalue weighted by molar-refractivity contribution is 0.137. The molecule has 17 heavy (non-hydrogen) atoms. The van der Waals surface area contributed by atoms with E-state index in [0.29, 0.717) is 23.4 Å². The van der Waals surface area contributed by atoms with E-state index in [-0.39, 0.29) is 0 Å². The second kappa shape index (κ2) is 6.55. The van der Waals surface area contributed by atoms with Gasteiger partial charge in [0, 0.05) is 6.07 Å². The number of hydrogen-bond donors (Lipinski definition) is 1. The van der Waals surface area contributed by atoms with Gasteiger partial charge in [-0.2, -0.15) is 0 Å². The fourth-order valence-electron chi connectivity index (χ4n) is 2.05. The Kier molecular flexibility index (Phi) is 5.35. The highest BCUT2D eigenvalue weighted by Gasteiger charge is 2.15. The quantitative estimate of drug-likeness (QED) is 0.827. The van der Waals surface area contributed by atoms with Crippen LogP contribution in [0, 0.1) is 11.8 Å². The van der Waals surface area contributed by atoms with Gasteiger partial charge in [0.15, 0.2) is 0 Å². The first-order valence-electron chi connectivity index (χ1n) is 6.07. The monoisotopic (exact) mass is 238 g/mol. The Morgan fingerprint density at radius 2 is 1.94 bits per heavy atom. The molecular weight excluding hydrogens is 216 g/mol. The van der Waals surface area contributed by atoms with Crippen LogP contribution < -0.4 is 4.74 Å². The summed E-state index contributed by atoms with van der Waals surface area (Å²) in [4.78, 5) is 8.00. The predicted molar refractivity (Wildman–Crippen MR) is 66.8 cm³/mol. The van der Waals surface area contributed by atoms with Crippen LogP contribution in [0.2, 0.25) is 0 Å². The van der Waals surface area contributed by atoms with Crippen molar-refractivity contribution in [2.24, 2.45) is 11.8 Å². The first-order chi connectivity index (χ1) is 8.02. The minimum Gasteiger partial charge on any atom is -0.481 e. The molecule has 0 bridgehead atoms. The predicted octanol–water partition coefficient (Wildman–Crippen LogP) is 2.59. The molecule has 0 saturated carbocycles. The van der Waals surface area contributed by atoms with Gasteiger partial charge in [0.25, 0.3) is 0 Å². The Bertz CT molecular complexity index is 342. The van der Waals surface area contributed by atoms with E-state index in [1.807, 2.05) is 0 Å².